The van der Waals surface area contributed by atoms with E-state index < -0.39 is 10.0 Å². The molecule has 0 bridgehead atoms. The summed E-state index contributed by atoms with van der Waals surface area (Å²) >= 11 is 0. The first kappa shape index (κ1) is 23.4. The Kier molecular flexibility index (Phi) is 7.92. The number of carbonyl (C=O) groups is 2. The highest BCUT2D eigenvalue weighted by Gasteiger charge is 2.33. The van der Waals surface area contributed by atoms with Crippen LogP contribution in [-0.4, -0.2) is 49.2 Å². The van der Waals surface area contributed by atoms with Gasteiger partial charge in [0.25, 0.3) is 0 Å². The number of piperidine rings is 1. The quantitative estimate of drug-likeness (QED) is 0.614. The molecule has 0 atom stereocenters. The van der Waals surface area contributed by atoms with Crippen LogP contribution in [0.25, 0.3) is 0 Å². The zero-order valence-electron chi connectivity index (χ0n) is 17.5. The minimum absolute atomic E-state index is 0.0109. The molecule has 0 saturated carbocycles. The molecule has 1 aliphatic heterocycles. The van der Waals surface area contributed by atoms with Crippen molar-refractivity contribution in [1.82, 2.24) is 19.9 Å². The number of hydrogen-bond acceptors (Lipinski definition) is 6. The number of nitriles is 1. The van der Waals surface area contributed by atoms with E-state index in [1.54, 1.807) is 24.5 Å². The Morgan fingerprint density at radius 3 is 2.47 bits per heavy atom. The van der Waals surface area contributed by atoms with Crippen LogP contribution in [0, 0.1) is 17.2 Å². The third kappa shape index (κ3) is 5.90. The van der Waals surface area contributed by atoms with Gasteiger partial charge >= 0.3 is 0 Å². The first-order valence-corrected chi connectivity index (χ1v) is 11.8. The lowest BCUT2D eigenvalue weighted by molar-refractivity contribution is -0.126. The molecule has 2 heterocycles. The van der Waals surface area contributed by atoms with Crippen molar-refractivity contribution in [1.29, 1.82) is 5.26 Å². The fraction of sp³-hybridized carbons (Fsp3) is 0.364. The molecule has 0 aliphatic carbocycles. The zero-order chi connectivity index (χ0) is 23.0. The van der Waals surface area contributed by atoms with Crippen molar-refractivity contribution >= 4 is 21.8 Å². The van der Waals surface area contributed by atoms with Gasteiger partial charge in [-0.3, -0.25) is 14.6 Å². The molecule has 1 saturated heterocycles. The van der Waals surface area contributed by atoms with E-state index >= 15 is 0 Å². The maximum atomic E-state index is 12.9. The first-order valence-electron chi connectivity index (χ1n) is 10.3. The normalized spacial score (nSPS) is 15.0. The van der Waals surface area contributed by atoms with Crippen LogP contribution in [0.5, 0.6) is 0 Å². The molecule has 1 aromatic heterocycles. The summed E-state index contributed by atoms with van der Waals surface area (Å²) in [6, 6.07) is 11.6. The van der Waals surface area contributed by atoms with E-state index in [2.05, 4.69) is 15.6 Å². The molecule has 0 spiro atoms. The lowest BCUT2D eigenvalue weighted by Crippen LogP contribution is -2.43. The van der Waals surface area contributed by atoms with Crippen LogP contribution in [0.3, 0.4) is 0 Å². The molecule has 3 rings (SSSR count). The summed E-state index contributed by atoms with van der Waals surface area (Å²) in [5, 5.41) is 14.7. The van der Waals surface area contributed by atoms with Gasteiger partial charge in [0.05, 0.1) is 10.5 Å². The molecule has 2 N–H and O–H groups in total. The zero-order valence-corrected chi connectivity index (χ0v) is 18.3. The molecule has 10 heteroatoms. The second kappa shape index (κ2) is 10.8. The van der Waals surface area contributed by atoms with Crippen molar-refractivity contribution in [3.05, 3.63) is 59.9 Å². The van der Waals surface area contributed by atoms with E-state index in [-0.39, 0.29) is 54.2 Å². The number of carbonyl (C=O) groups excluding carboxylic acids is 2. The highest BCUT2D eigenvalue weighted by molar-refractivity contribution is 7.89. The molecule has 2 aromatic rings. The number of amides is 2. The van der Waals surface area contributed by atoms with Gasteiger partial charge in [0.15, 0.2) is 0 Å². The summed E-state index contributed by atoms with van der Waals surface area (Å²) in [5.74, 6) is -0.659. The number of pyridine rings is 1. The first-order chi connectivity index (χ1) is 15.4. The van der Waals surface area contributed by atoms with Crippen LogP contribution in [0.15, 0.2) is 53.7 Å². The lowest BCUT2D eigenvalue weighted by atomic mass is 9.97. The summed E-state index contributed by atoms with van der Waals surface area (Å²) in [6.07, 6.45) is 4.23. The van der Waals surface area contributed by atoms with Gasteiger partial charge < -0.3 is 10.6 Å². The third-order valence-corrected chi connectivity index (χ3v) is 7.30. The second-order valence-corrected chi connectivity index (χ2v) is 9.37. The fourth-order valence-corrected chi connectivity index (χ4v) is 5.13. The van der Waals surface area contributed by atoms with Gasteiger partial charge in [-0.05, 0) is 42.7 Å². The highest BCUT2D eigenvalue weighted by atomic mass is 32.2. The number of benzene rings is 1. The Balaban J connectivity index is 1.42. The number of hydrogen-bond donors (Lipinski definition) is 2. The topological polar surface area (TPSA) is 132 Å². The van der Waals surface area contributed by atoms with Gasteiger partial charge in [0.1, 0.15) is 6.07 Å². The van der Waals surface area contributed by atoms with Crippen molar-refractivity contribution < 1.29 is 18.0 Å². The van der Waals surface area contributed by atoms with Gasteiger partial charge in [0.2, 0.25) is 21.8 Å². The average molecular weight is 456 g/mol. The highest BCUT2D eigenvalue weighted by Crippen LogP contribution is 2.25. The molecular formula is C22H25N5O4S. The third-order valence-electron chi connectivity index (χ3n) is 5.34. The van der Waals surface area contributed by atoms with Crippen LogP contribution in [0.1, 0.15) is 30.4 Å². The van der Waals surface area contributed by atoms with Gasteiger partial charge in [-0.1, -0.05) is 12.1 Å². The Morgan fingerprint density at radius 1 is 1.09 bits per heavy atom. The molecule has 0 radical (unpaired) electrons. The Bertz CT molecular complexity index is 1090. The van der Waals surface area contributed by atoms with E-state index in [0.29, 0.717) is 19.4 Å². The molecule has 2 amide bonds. The second-order valence-electron chi connectivity index (χ2n) is 7.46. The largest absolute Gasteiger partial charge is 0.355 e. The fourth-order valence-electron chi connectivity index (χ4n) is 3.51. The number of rotatable bonds is 8. The van der Waals surface area contributed by atoms with Crippen molar-refractivity contribution in [3.63, 3.8) is 0 Å². The van der Waals surface area contributed by atoms with Crippen molar-refractivity contribution in [3.8, 4) is 6.07 Å². The lowest BCUT2D eigenvalue weighted by Gasteiger charge is -2.30. The average Bonchev–Trinajstić information content (AvgIpc) is 2.83. The predicted octanol–water partition coefficient (Wildman–Crippen LogP) is 1.18. The number of nitrogens with one attached hydrogen (secondary N) is 2. The van der Waals surface area contributed by atoms with Crippen LogP contribution in [-0.2, 0) is 26.2 Å². The van der Waals surface area contributed by atoms with E-state index in [1.807, 2.05) is 18.2 Å². The molecule has 1 aromatic carbocycles. The number of nitrogens with zero attached hydrogens (tertiary/aromatic N) is 3. The monoisotopic (exact) mass is 455 g/mol. The molecule has 32 heavy (non-hydrogen) atoms. The van der Waals surface area contributed by atoms with Gasteiger partial charge in [0, 0.05) is 50.9 Å². The summed E-state index contributed by atoms with van der Waals surface area (Å²) in [5.41, 5.74) is 1.05. The summed E-state index contributed by atoms with van der Waals surface area (Å²) in [7, 11) is -3.79. The predicted molar refractivity (Wildman–Crippen MR) is 116 cm³/mol. The SMILES string of the molecule is N#Cc1ccccc1S(=O)(=O)N1CCC(C(=O)NCCC(=O)NCc2ccncc2)CC1. The minimum Gasteiger partial charge on any atom is -0.355 e. The molecule has 1 aliphatic rings. The Hall–Kier alpha value is -3.29. The van der Waals surface area contributed by atoms with Gasteiger partial charge in [-0.2, -0.15) is 9.57 Å². The van der Waals surface area contributed by atoms with E-state index in [0.717, 1.165) is 5.56 Å². The summed E-state index contributed by atoms with van der Waals surface area (Å²) < 4.78 is 27.1. The van der Waals surface area contributed by atoms with Gasteiger partial charge in [-0.25, -0.2) is 8.42 Å². The van der Waals surface area contributed by atoms with E-state index in [9.17, 15) is 23.3 Å². The number of sulfonamides is 1. The maximum absolute atomic E-state index is 12.9. The summed E-state index contributed by atoms with van der Waals surface area (Å²) in [4.78, 5) is 28.3. The number of aromatic nitrogens is 1. The molecule has 9 nitrogen and oxygen atoms in total. The van der Waals surface area contributed by atoms with Crippen LogP contribution in [0.4, 0.5) is 0 Å². The molecular weight excluding hydrogens is 430 g/mol. The Morgan fingerprint density at radius 2 is 1.78 bits per heavy atom. The maximum Gasteiger partial charge on any atom is 0.244 e. The van der Waals surface area contributed by atoms with Crippen molar-refractivity contribution in [2.45, 2.75) is 30.7 Å². The van der Waals surface area contributed by atoms with Crippen LogP contribution >= 0.6 is 0 Å². The molecule has 0 unspecified atom stereocenters. The smallest absolute Gasteiger partial charge is 0.244 e. The standard InChI is InChI=1S/C22H25N5O4S/c23-15-19-3-1-2-4-20(19)32(30,31)27-13-8-18(9-14-27)22(29)25-12-7-21(28)26-16-17-5-10-24-11-6-17/h1-6,10-11,18H,7-9,12-14,16H2,(H,25,29)(H,26,28). The molecule has 168 valence electrons. The van der Waals surface area contributed by atoms with Crippen LogP contribution < -0.4 is 10.6 Å². The van der Waals surface area contributed by atoms with Crippen LogP contribution in [0.2, 0.25) is 0 Å². The minimum atomic E-state index is -3.79. The van der Waals surface area contributed by atoms with Crippen molar-refractivity contribution in [2.24, 2.45) is 5.92 Å². The van der Waals surface area contributed by atoms with Crippen molar-refractivity contribution in [2.75, 3.05) is 19.6 Å². The van der Waals surface area contributed by atoms with Gasteiger partial charge in [-0.15, -0.1) is 0 Å². The van der Waals surface area contributed by atoms with E-state index in [1.165, 1.54) is 16.4 Å². The summed E-state index contributed by atoms with van der Waals surface area (Å²) in [6.45, 7) is 1.02. The van der Waals surface area contributed by atoms with E-state index in [4.69, 9.17) is 0 Å². The Labute approximate surface area is 187 Å². The molecule has 1 fully saturated rings.